The van der Waals surface area contributed by atoms with Crippen LogP contribution >= 0.6 is 0 Å². The summed E-state index contributed by atoms with van der Waals surface area (Å²) in [5.74, 6) is -0.732. The molecule has 0 aromatic heterocycles. The van der Waals surface area contributed by atoms with Crippen LogP contribution in [-0.4, -0.2) is 56.6 Å². The summed E-state index contributed by atoms with van der Waals surface area (Å²) in [7, 11) is -5.13. The number of nitrogens with zero attached hydrogens (tertiary/aromatic N) is 2. The number of hydrogen-bond acceptors (Lipinski definition) is 11. The van der Waals surface area contributed by atoms with Crippen molar-refractivity contribution in [3.63, 3.8) is 0 Å². The zero-order valence-electron chi connectivity index (χ0n) is 31.0. The topological polar surface area (TPSA) is 176 Å². The van der Waals surface area contributed by atoms with Crippen molar-refractivity contribution in [1.29, 1.82) is 10.5 Å². The standard InChI is InChI=1S/C42H44N2O9S.Na/c43-30-32-9-13-34(14-10-32)36-17-21-38(22-18-36)50-25-5-1-3-7-27-52-41(45)29-40(54(47,48)49)42(46)53-28-8-4-2-6-26-51-39-23-19-37(20-24-39)35-15-11-33(31-44)12-16-35;/h9-24,40H,1-8,25-29H2,(H,47,48,49);/q;+1/p-1. The number of ether oxygens (including phenoxy) is 4. The molecule has 4 rings (SSSR count). The third-order valence-electron chi connectivity index (χ3n) is 8.49. The van der Waals surface area contributed by atoms with Crippen molar-refractivity contribution in [3.8, 4) is 45.9 Å². The summed E-state index contributed by atoms with van der Waals surface area (Å²) >= 11 is 0. The van der Waals surface area contributed by atoms with E-state index in [0.717, 1.165) is 65.9 Å². The van der Waals surface area contributed by atoms with Gasteiger partial charge in [0.2, 0.25) is 0 Å². The molecule has 13 heteroatoms. The van der Waals surface area contributed by atoms with E-state index in [2.05, 4.69) is 12.1 Å². The average Bonchev–Trinajstić information content (AvgIpc) is 3.19. The molecule has 0 aliphatic heterocycles. The smallest absolute Gasteiger partial charge is 0.747 e. The second-order valence-corrected chi connectivity index (χ2v) is 14.1. The Bertz CT molecular complexity index is 1970. The van der Waals surface area contributed by atoms with E-state index in [1.165, 1.54) is 0 Å². The molecule has 0 spiro atoms. The maximum absolute atomic E-state index is 12.4. The molecule has 0 bridgehead atoms. The maximum Gasteiger partial charge on any atom is 1.00 e. The Balaban J connectivity index is 0.00000812. The molecule has 0 radical (unpaired) electrons. The van der Waals surface area contributed by atoms with Crippen LogP contribution in [0.25, 0.3) is 22.3 Å². The van der Waals surface area contributed by atoms with Crippen LogP contribution in [-0.2, 0) is 29.2 Å². The molecular formula is C42H43N2NaO9S. The zero-order chi connectivity index (χ0) is 38.6. The SMILES string of the molecule is N#Cc1ccc(-c2ccc(OCCCCCCOC(=O)CC(C(=O)OCCCCCCOc3ccc(-c4ccc(C#N)cc4)cc3)S(=O)(=O)[O-])cc2)cc1.[Na+]. The number of benzene rings is 4. The first-order chi connectivity index (χ1) is 26.2. The molecule has 282 valence electrons. The van der Waals surface area contributed by atoms with Gasteiger partial charge < -0.3 is 23.5 Å². The fourth-order valence-electron chi connectivity index (χ4n) is 5.42. The Morgan fingerprint density at radius 2 is 0.891 bits per heavy atom. The van der Waals surface area contributed by atoms with Crippen molar-refractivity contribution in [3.05, 3.63) is 108 Å². The van der Waals surface area contributed by atoms with Crippen molar-refractivity contribution in [2.24, 2.45) is 0 Å². The van der Waals surface area contributed by atoms with Gasteiger partial charge >= 0.3 is 41.5 Å². The fraction of sp³-hybridized carbons (Fsp3) is 0.333. The first-order valence-corrected chi connectivity index (χ1v) is 19.4. The van der Waals surface area contributed by atoms with Gasteiger partial charge in [-0.2, -0.15) is 10.5 Å². The Hall–Kier alpha value is -4.69. The van der Waals surface area contributed by atoms with Crippen molar-refractivity contribution >= 4 is 22.1 Å². The van der Waals surface area contributed by atoms with Crippen LogP contribution < -0.4 is 39.0 Å². The van der Waals surface area contributed by atoms with Crippen LogP contribution in [0.1, 0.15) is 68.9 Å². The molecule has 11 nitrogen and oxygen atoms in total. The minimum absolute atomic E-state index is 0. The number of unbranched alkanes of at least 4 members (excludes halogenated alkanes) is 6. The first kappa shape index (κ1) is 44.7. The Labute approximate surface area is 345 Å². The third kappa shape index (κ3) is 15.9. The minimum atomic E-state index is -5.13. The van der Waals surface area contributed by atoms with Gasteiger partial charge in [0.15, 0.2) is 5.25 Å². The molecule has 0 fully saturated rings. The first-order valence-electron chi connectivity index (χ1n) is 17.9. The molecule has 55 heavy (non-hydrogen) atoms. The molecule has 0 heterocycles. The molecule has 0 N–H and O–H groups in total. The van der Waals surface area contributed by atoms with Gasteiger partial charge in [0.1, 0.15) is 21.6 Å². The second kappa shape index (κ2) is 24.0. The van der Waals surface area contributed by atoms with Crippen LogP contribution in [0, 0.1) is 22.7 Å². The van der Waals surface area contributed by atoms with Crippen molar-refractivity contribution < 1.29 is 71.1 Å². The van der Waals surface area contributed by atoms with E-state index in [1.807, 2.05) is 72.8 Å². The molecule has 0 aliphatic carbocycles. The van der Waals surface area contributed by atoms with Crippen LogP contribution in [0.4, 0.5) is 0 Å². The number of hydrogen-bond donors (Lipinski definition) is 0. The van der Waals surface area contributed by atoms with E-state index in [-0.39, 0.29) is 42.8 Å². The normalized spacial score (nSPS) is 11.3. The largest absolute Gasteiger partial charge is 1.00 e. The van der Waals surface area contributed by atoms with Crippen LogP contribution in [0.3, 0.4) is 0 Å². The summed E-state index contributed by atoms with van der Waals surface area (Å²) in [5, 5.41) is 15.7. The van der Waals surface area contributed by atoms with Gasteiger partial charge in [0, 0.05) is 0 Å². The van der Waals surface area contributed by atoms with Gasteiger partial charge in [-0.1, -0.05) is 48.5 Å². The van der Waals surface area contributed by atoms with Crippen molar-refractivity contribution in [2.75, 3.05) is 26.4 Å². The number of carbonyl (C=O) groups excluding carboxylic acids is 2. The summed E-state index contributed by atoms with van der Waals surface area (Å²) in [5.41, 5.74) is 5.25. The predicted molar refractivity (Wildman–Crippen MR) is 201 cm³/mol. The van der Waals surface area contributed by atoms with Gasteiger partial charge in [-0.15, -0.1) is 0 Å². The number of esters is 2. The van der Waals surface area contributed by atoms with Crippen LogP contribution in [0.2, 0.25) is 0 Å². The van der Waals surface area contributed by atoms with E-state index in [9.17, 15) is 22.6 Å². The van der Waals surface area contributed by atoms with Gasteiger partial charge in [0.25, 0.3) is 0 Å². The van der Waals surface area contributed by atoms with Gasteiger partial charge in [-0.3, -0.25) is 9.59 Å². The number of nitriles is 2. The van der Waals surface area contributed by atoms with Crippen LogP contribution in [0.15, 0.2) is 97.1 Å². The van der Waals surface area contributed by atoms with Crippen LogP contribution in [0.5, 0.6) is 11.5 Å². The molecule has 0 saturated heterocycles. The zero-order valence-corrected chi connectivity index (χ0v) is 33.8. The van der Waals surface area contributed by atoms with E-state index >= 15 is 0 Å². The molecule has 0 amide bonds. The third-order valence-corrected chi connectivity index (χ3v) is 9.54. The summed E-state index contributed by atoms with van der Waals surface area (Å²) in [4.78, 5) is 24.6. The summed E-state index contributed by atoms with van der Waals surface area (Å²) in [6.45, 7) is 0.950. The Kier molecular flexibility index (Phi) is 19.5. The molecule has 0 aliphatic rings. The molecule has 4 aromatic carbocycles. The van der Waals surface area contributed by atoms with Gasteiger partial charge in [-0.05, 0) is 122 Å². The number of carbonyl (C=O) groups is 2. The maximum atomic E-state index is 12.4. The number of rotatable bonds is 22. The van der Waals surface area contributed by atoms with E-state index in [0.29, 0.717) is 43.6 Å². The molecule has 4 aromatic rings. The van der Waals surface area contributed by atoms with Gasteiger partial charge in [-0.25, -0.2) is 8.42 Å². The van der Waals surface area contributed by atoms with E-state index in [4.69, 9.17) is 29.5 Å². The summed E-state index contributed by atoms with van der Waals surface area (Å²) in [6, 6.07) is 34.2. The molecule has 1 unspecified atom stereocenters. The molecule has 0 saturated carbocycles. The van der Waals surface area contributed by atoms with Gasteiger partial charge in [0.05, 0.1) is 56.1 Å². The average molecular weight is 775 g/mol. The molecular weight excluding hydrogens is 732 g/mol. The minimum Gasteiger partial charge on any atom is -0.747 e. The quantitative estimate of drug-likeness (QED) is 0.0467. The predicted octanol–water partition coefficient (Wildman–Crippen LogP) is 4.74. The summed E-state index contributed by atoms with van der Waals surface area (Å²) in [6.07, 6.45) is 4.63. The Morgan fingerprint density at radius 1 is 0.545 bits per heavy atom. The second-order valence-electron chi connectivity index (χ2n) is 12.5. The summed E-state index contributed by atoms with van der Waals surface area (Å²) < 4.78 is 56.8. The van der Waals surface area contributed by atoms with E-state index in [1.54, 1.807) is 24.3 Å². The van der Waals surface area contributed by atoms with Crippen molar-refractivity contribution in [1.82, 2.24) is 0 Å². The fourth-order valence-corrected chi connectivity index (χ4v) is 6.07. The molecule has 1 atom stereocenters. The Morgan fingerprint density at radius 3 is 1.25 bits per heavy atom. The monoisotopic (exact) mass is 774 g/mol. The van der Waals surface area contributed by atoms with Crippen molar-refractivity contribution in [2.45, 2.75) is 63.0 Å². The van der Waals surface area contributed by atoms with E-state index < -0.39 is 33.7 Å².